The normalized spacial score (nSPS) is 12.4. The smallest absolute Gasteiger partial charge is 0.183 e. The van der Waals surface area contributed by atoms with Gasteiger partial charge in [0.1, 0.15) is 0 Å². The number of aromatic nitrogens is 1. The summed E-state index contributed by atoms with van der Waals surface area (Å²) in [4.78, 5) is 4.50. The van der Waals surface area contributed by atoms with E-state index in [4.69, 9.17) is 23.2 Å². The molecule has 0 aliphatic carbocycles. The van der Waals surface area contributed by atoms with Gasteiger partial charge in [0.15, 0.2) is 11.4 Å². The van der Waals surface area contributed by atoms with Crippen molar-refractivity contribution in [1.82, 2.24) is 4.98 Å². The molecule has 3 N–H and O–H groups in total. The lowest BCUT2D eigenvalue weighted by Crippen LogP contribution is -2.35. The summed E-state index contributed by atoms with van der Waals surface area (Å²) < 4.78 is 0. The Kier molecular flexibility index (Phi) is 5.93. The first-order valence-corrected chi connectivity index (χ1v) is 9.24. The van der Waals surface area contributed by atoms with Gasteiger partial charge in [0.25, 0.3) is 0 Å². The van der Waals surface area contributed by atoms with Crippen molar-refractivity contribution in [3.63, 3.8) is 0 Å². The molecule has 1 aromatic heterocycles. The van der Waals surface area contributed by atoms with Crippen LogP contribution >= 0.6 is 34.5 Å². The predicted octanol–water partition coefficient (Wildman–Crippen LogP) is 4.45. The second-order valence-electron chi connectivity index (χ2n) is 5.52. The highest BCUT2D eigenvalue weighted by molar-refractivity contribution is 7.14. The van der Waals surface area contributed by atoms with Gasteiger partial charge in [-0.05, 0) is 24.1 Å². The third kappa shape index (κ3) is 4.71. The lowest BCUT2D eigenvalue weighted by atomic mass is 10.1. The number of benzene rings is 2. The van der Waals surface area contributed by atoms with Gasteiger partial charge in [-0.1, -0.05) is 59.6 Å². The fourth-order valence-electron chi connectivity index (χ4n) is 2.39. The highest BCUT2D eigenvalue weighted by Gasteiger charge is 2.19. The molecule has 25 heavy (non-hydrogen) atoms. The third-order valence-corrected chi connectivity index (χ3v) is 5.20. The summed E-state index contributed by atoms with van der Waals surface area (Å²) in [5.41, 5.74) is 2.61. The molecule has 0 aliphatic rings. The number of nitrogens with one attached hydrogen (secondary N) is 1. The van der Waals surface area contributed by atoms with Gasteiger partial charge >= 0.3 is 0 Å². The van der Waals surface area contributed by atoms with Crippen molar-refractivity contribution in [2.45, 2.75) is 18.8 Å². The maximum atomic E-state index is 9.66. The minimum atomic E-state index is -1.50. The van der Waals surface area contributed by atoms with E-state index in [1.165, 1.54) is 11.3 Å². The largest absolute Gasteiger partial charge is 0.366 e. The molecule has 7 heteroatoms. The Morgan fingerprint density at radius 2 is 1.80 bits per heavy atom. The molecule has 4 nitrogen and oxygen atoms in total. The Hall–Kier alpha value is -1.63. The van der Waals surface area contributed by atoms with Crippen LogP contribution < -0.4 is 5.32 Å². The first-order valence-electron chi connectivity index (χ1n) is 7.60. The summed E-state index contributed by atoms with van der Waals surface area (Å²) in [5.74, 6) is 0. The lowest BCUT2D eigenvalue weighted by molar-refractivity contribution is -0.0528. The summed E-state index contributed by atoms with van der Waals surface area (Å²) >= 11 is 13.4. The number of aliphatic hydroxyl groups is 2. The van der Waals surface area contributed by atoms with Crippen molar-refractivity contribution >= 4 is 39.7 Å². The maximum Gasteiger partial charge on any atom is 0.183 e. The van der Waals surface area contributed by atoms with Gasteiger partial charge in [0.05, 0.1) is 21.8 Å². The van der Waals surface area contributed by atoms with Crippen LogP contribution in [0, 0.1) is 0 Å². The molecule has 3 aromatic rings. The molecule has 0 radical (unpaired) electrons. The molecule has 3 rings (SSSR count). The van der Waals surface area contributed by atoms with Crippen molar-refractivity contribution < 1.29 is 10.2 Å². The molecule has 0 aliphatic heterocycles. The number of aliphatic hydroxyl groups excluding tert-OH is 1. The van der Waals surface area contributed by atoms with Crippen LogP contribution in [-0.4, -0.2) is 27.5 Å². The number of nitrogens with zero attached hydrogens (tertiary/aromatic N) is 1. The number of hydrogen-bond acceptors (Lipinski definition) is 5. The zero-order valence-corrected chi connectivity index (χ0v) is 15.4. The number of thiazole rings is 1. The van der Waals surface area contributed by atoms with Crippen LogP contribution in [0.4, 0.5) is 5.13 Å². The zero-order valence-electron chi connectivity index (χ0n) is 13.1. The van der Waals surface area contributed by atoms with Crippen LogP contribution in [0.25, 0.3) is 11.3 Å². The molecule has 1 unspecified atom stereocenters. The summed E-state index contributed by atoms with van der Waals surface area (Å²) in [6.07, 6.45) is -1.03. The SMILES string of the molecule is OC(O)C(Cc1ccccc1)Nc1nc(-c2ccc(Cl)c(Cl)c2)cs1. The fourth-order valence-corrected chi connectivity index (χ4v) is 3.47. The number of rotatable bonds is 6. The third-order valence-electron chi connectivity index (χ3n) is 3.69. The quantitative estimate of drug-likeness (QED) is 0.540. The van der Waals surface area contributed by atoms with Crippen molar-refractivity contribution in [2.24, 2.45) is 0 Å². The molecule has 2 aromatic carbocycles. The molecule has 0 amide bonds. The maximum absolute atomic E-state index is 9.66. The monoisotopic (exact) mass is 394 g/mol. The van der Waals surface area contributed by atoms with Gasteiger partial charge in [-0.3, -0.25) is 0 Å². The predicted molar refractivity (Wildman–Crippen MR) is 103 cm³/mol. The van der Waals surface area contributed by atoms with E-state index in [0.717, 1.165) is 16.8 Å². The minimum absolute atomic E-state index is 0.467. The number of halogens is 2. The topological polar surface area (TPSA) is 65.4 Å². The standard InChI is InChI=1S/C18H16Cl2N2O2S/c19-13-7-6-12(9-14(13)20)16-10-25-18(22-16)21-15(17(23)24)8-11-4-2-1-3-5-11/h1-7,9-10,15,17,23-24H,8H2,(H,21,22). The molecule has 0 saturated carbocycles. The number of anilines is 1. The van der Waals surface area contributed by atoms with Gasteiger partial charge in [0.2, 0.25) is 0 Å². The van der Waals surface area contributed by atoms with E-state index in [1.807, 2.05) is 41.8 Å². The van der Waals surface area contributed by atoms with E-state index in [1.54, 1.807) is 12.1 Å². The molecule has 0 bridgehead atoms. The molecule has 1 atom stereocenters. The van der Waals surface area contributed by atoms with Crippen molar-refractivity contribution in [3.8, 4) is 11.3 Å². The van der Waals surface area contributed by atoms with Crippen LogP contribution in [0.5, 0.6) is 0 Å². The average Bonchev–Trinajstić information content (AvgIpc) is 3.06. The van der Waals surface area contributed by atoms with Gasteiger partial charge in [-0.15, -0.1) is 11.3 Å². The summed E-state index contributed by atoms with van der Waals surface area (Å²) in [7, 11) is 0. The Balaban J connectivity index is 1.75. The molecule has 0 fully saturated rings. The number of hydrogen-bond donors (Lipinski definition) is 3. The van der Waals surface area contributed by atoms with Crippen molar-refractivity contribution in [1.29, 1.82) is 0 Å². The lowest BCUT2D eigenvalue weighted by Gasteiger charge is -2.20. The van der Waals surface area contributed by atoms with Crippen LogP contribution in [0.3, 0.4) is 0 Å². The van der Waals surface area contributed by atoms with Crippen molar-refractivity contribution in [3.05, 3.63) is 69.5 Å². The van der Waals surface area contributed by atoms with E-state index in [0.29, 0.717) is 21.6 Å². The van der Waals surface area contributed by atoms with Gasteiger partial charge < -0.3 is 15.5 Å². The van der Waals surface area contributed by atoms with Gasteiger partial charge in [-0.25, -0.2) is 4.98 Å². The Morgan fingerprint density at radius 3 is 2.48 bits per heavy atom. The van der Waals surface area contributed by atoms with E-state index in [2.05, 4.69) is 10.3 Å². The highest BCUT2D eigenvalue weighted by atomic mass is 35.5. The molecule has 1 heterocycles. The minimum Gasteiger partial charge on any atom is -0.366 e. The molecule has 0 saturated heterocycles. The van der Waals surface area contributed by atoms with E-state index >= 15 is 0 Å². The highest BCUT2D eigenvalue weighted by Crippen LogP contribution is 2.30. The summed E-state index contributed by atoms with van der Waals surface area (Å²) in [6, 6.07) is 14.4. The first kappa shape index (κ1) is 18.2. The van der Waals surface area contributed by atoms with E-state index < -0.39 is 12.3 Å². The van der Waals surface area contributed by atoms with Crippen LogP contribution in [0.2, 0.25) is 10.0 Å². The Morgan fingerprint density at radius 1 is 1.04 bits per heavy atom. The van der Waals surface area contributed by atoms with Gasteiger partial charge in [-0.2, -0.15) is 0 Å². The summed E-state index contributed by atoms with van der Waals surface area (Å²) in [5, 5.41) is 25.9. The zero-order chi connectivity index (χ0) is 17.8. The Bertz CT molecular complexity index is 840. The van der Waals surface area contributed by atoms with Crippen molar-refractivity contribution in [2.75, 3.05) is 5.32 Å². The van der Waals surface area contributed by atoms with Gasteiger partial charge in [0, 0.05) is 10.9 Å². The first-order chi connectivity index (χ1) is 12.0. The second kappa shape index (κ2) is 8.17. The van der Waals surface area contributed by atoms with Crippen LogP contribution in [0.15, 0.2) is 53.9 Å². The molecular formula is C18H16Cl2N2O2S. The molecule has 130 valence electrons. The fraction of sp³-hybridized carbons (Fsp3) is 0.167. The van der Waals surface area contributed by atoms with E-state index in [9.17, 15) is 10.2 Å². The molecule has 0 spiro atoms. The Labute approximate surface area is 159 Å². The molecular weight excluding hydrogens is 379 g/mol. The van der Waals surface area contributed by atoms with Crippen LogP contribution in [-0.2, 0) is 6.42 Å². The second-order valence-corrected chi connectivity index (χ2v) is 7.19. The average molecular weight is 395 g/mol. The van der Waals surface area contributed by atoms with Crippen LogP contribution in [0.1, 0.15) is 5.56 Å². The van der Waals surface area contributed by atoms with E-state index in [-0.39, 0.29) is 0 Å². The summed E-state index contributed by atoms with van der Waals surface area (Å²) in [6.45, 7) is 0.